The highest BCUT2D eigenvalue weighted by Crippen LogP contribution is 2.44. The van der Waals surface area contributed by atoms with Crippen molar-refractivity contribution in [1.82, 2.24) is 15.2 Å². The highest BCUT2D eigenvalue weighted by atomic mass is 79.9. The van der Waals surface area contributed by atoms with Crippen LogP contribution in [0.15, 0.2) is 52.1 Å². The lowest BCUT2D eigenvalue weighted by atomic mass is 10.1. The summed E-state index contributed by atoms with van der Waals surface area (Å²) in [5.41, 5.74) is 2.70. The average molecular weight is 487 g/mol. The molecule has 0 saturated carbocycles. The average Bonchev–Trinajstić information content (AvgIpc) is 2.88. The van der Waals surface area contributed by atoms with Crippen LogP contribution in [0.1, 0.15) is 25.6 Å². The Labute approximate surface area is 186 Å². The first-order valence-corrected chi connectivity index (χ1v) is 11.1. The fourth-order valence-corrected chi connectivity index (χ4v) is 4.36. The second-order valence-corrected chi connectivity index (χ2v) is 8.54. The largest absolute Gasteiger partial charge is 0.496 e. The van der Waals surface area contributed by atoms with Gasteiger partial charge in [0.1, 0.15) is 5.75 Å². The molecule has 4 rings (SSSR count). The van der Waals surface area contributed by atoms with Crippen LogP contribution in [0, 0.1) is 0 Å². The molecule has 0 N–H and O–H groups in total. The van der Waals surface area contributed by atoms with Crippen molar-refractivity contribution in [2.45, 2.75) is 25.2 Å². The first-order chi connectivity index (χ1) is 14.5. The zero-order valence-electron chi connectivity index (χ0n) is 16.6. The Bertz CT molecular complexity index is 1110. The van der Waals surface area contributed by atoms with E-state index in [-0.39, 0.29) is 5.91 Å². The van der Waals surface area contributed by atoms with Crippen molar-refractivity contribution >= 4 is 39.3 Å². The van der Waals surface area contributed by atoms with Gasteiger partial charge in [-0.1, -0.05) is 36.9 Å². The van der Waals surface area contributed by atoms with Gasteiger partial charge in [-0.2, -0.15) is 4.98 Å². The Balaban J connectivity index is 1.93. The minimum Gasteiger partial charge on any atom is -0.496 e. The molecule has 0 fully saturated rings. The number of hydrogen-bond acceptors (Lipinski definition) is 7. The van der Waals surface area contributed by atoms with Gasteiger partial charge in [-0.15, -0.1) is 10.2 Å². The summed E-state index contributed by atoms with van der Waals surface area (Å²) in [5, 5.41) is 9.13. The summed E-state index contributed by atoms with van der Waals surface area (Å²) in [6, 6.07) is 13.1. The Morgan fingerprint density at radius 1 is 1.27 bits per heavy atom. The summed E-state index contributed by atoms with van der Waals surface area (Å²) in [4.78, 5) is 19.0. The molecule has 2 aromatic carbocycles. The van der Waals surface area contributed by atoms with Crippen molar-refractivity contribution in [2.75, 3.05) is 17.8 Å². The van der Waals surface area contributed by atoms with E-state index in [0.717, 1.165) is 21.4 Å². The molecule has 30 heavy (non-hydrogen) atoms. The molecule has 0 saturated heterocycles. The Morgan fingerprint density at radius 2 is 2.07 bits per heavy atom. The number of fused-ring (bicyclic) bond motifs is 3. The highest BCUT2D eigenvalue weighted by molar-refractivity contribution is 9.10. The van der Waals surface area contributed by atoms with Crippen molar-refractivity contribution in [1.29, 1.82) is 0 Å². The molecule has 1 aliphatic rings. The van der Waals surface area contributed by atoms with Gasteiger partial charge >= 0.3 is 0 Å². The third-order valence-corrected chi connectivity index (χ3v) is 5.92. The first kappa shape index (κ1) is 20.6. The predicted octanol–water partition coefficient (Wildman–Crippen LogP) is 4.87. The Kier molecular flexibility index (Phi) is 5.92. The number of carbonyl (C=O) groups is 1. The zero-order chi connectivity index (χ0) is 21.3. The van der Waals surface area contributed by atoms with Crippen LogP contribution in [-0.4, -0.2) is 34.0 Å². The normalized spacial score (nSPS) is 14.9. The fraction of sp³-hybridized carbons (Fsp3) is 0.238. The third kappa shape index (κ3) is 3.75. The molecule has 9 heteroatoms. The van der Waals surface area contributed by atoms with Crippen LogP contribution in [0.5, 0.6) is 11.6 Å². The lowest BCUT2D eigenvalue weighted by molar-refractivity contribution is -0.118. The number of ether oxygens (including phenoxy) is 2. The highest BCUT2D eigenvalue weighted by Gasteiger charge is 2.34. The van der Waals surface area contributed by atoms with E-state index in [9.17, 15) is 4.79 Å². The summed E-state index contributed by atoms with van der Waals surface area (Å²) in [7, 11) is 1.60. The van der Waals surface area contributed by atoms with Crippen LogP contribution < -0.4 is 14.4 Å². The summed E-state index contributed by atoms with van der Waals surface area (Å²) in [5.74, 6) is 1.68. The van der Waals surface area contributed by atoms with Crippen molar-refractivity contribution in [3.8, 4) is 22.9 Å². The molecule has 0 aliphatic carbocycles. The Morgan fingerprint density at radius 3 is 2.77 bits per heavy atom. The Hall–Kier alpha value is -2.65. The number of carbonyl (C=O) groups excluding carboxylic acids is 1. The van der Waals surface area contributed by atoms with Gasteiger partial charge in [0.15, 0.2) is 5.69 Å². The summed E-state index contributed by atoms with van der Waals surface area (Å²) in [6.07, 6.45) is -0.733. The van der Waals surface area contributed by atoms with E-state index in [4.69, 9.17) is 9.47 Å². The van der Waals surface area contributed by atoms with E-state index in [1.54, 1.807) is 12.0 Å². The van der Waals surface area contributed by atoms with Crippen LogP contribution in [0.3, 0.4) is 0 Å². The van der Waals surface area contributed by atoms with E-state index in [1.807, 2.05) is 49.4 Å². The number of aromatic nitrogens is 3. The fourth-order valence-electron chi connectivity index (χ4n) is 3.30. The van der Waals surface area contributed by atoms with E-state index >= 15 is 0 Å². The number of thioether (sulfide) groups is 1. The molecule has 7 nitrogen and oxygen atoms in total. The number of para-hydroxylation sites is 1. The van der Waals surface area contributed by atoms with Gasteiger partial charge < -0.3 is 9.47 Å². The quantitative estimate of drug-likeness (QED) is 0.486. The van der Waals surface area contributed by atoms with E-state index < -0.39 is 6.23 Å². The van der Waals surface area contributed by atoms with Gasteiger partial charge in [-0.05, 0) is 45.9 Å². The molecule has 0 unspecified atom stereocenters. The molecule has 0 bridgehead atoms. The molecule has 1 aromatic heterocycles. The minimum atomic E-state index is -0.733. The smallest absolute Gasteiger partial charge is 0.247 e. The number of benzene rings is 2. The molecule has 1 aliphatic heterocycles. The number of anilines is 1. The molecular weight excluding hydrogens is 468 g/mol. The van der Waals surface area contributed by atoms with Crippen molar-refractivity contribution < 1.29 is 14.3 Å². The van der Waals surface area contributed by atoms with Gasteiger partial charge in [-0.3, -0.25) is 9.69 Å². The lowest BCUT2D eigenvalue weighted by Crippen LogP contribution is -2.36. The van der Waals surface area contributed by atoms with Crippen LogP contribution in [0.2, 0.25) is 0 Å². The maximum atomic E-state index is 12.8. The molecule has 3 aromatic rings. The molecule has 1 atom stereocenters. The van der Waals surface area contributed by atoms with Crippen LogP contribution in [0.4, 0.5) is 5.69 Å². The number of halogens is 1. The standard InChI is InChI=1S/C21H19BrN4O3S/c1-4-30-21-23-19-18(24-25-21)14-7-5-6-8-16(14)26(12(2)27)20(29-19)13-9-10-17(28-3)15(22)11-13/h5-11,20H,4H2,1-3H3/t20-/m0/s1. The van der Waals surface area contributed by atoms with Gasteiger partial charge in [0.2, 0.25) is 23.2 Å². The lowest BCUT2D eigenvalue weighted by Gasteiger charge is -2.30. The van der Waals surface area contributed by atoms with Crippen LogP contribution in [-0.2, 0) is 4.79 Å². The van der Waals surface area contributed by atoms with E-state index in [2.05, 4.69) is 31.1 Å². The predicted molar refractivity (Wildman–Crippen MR) is 119 cm³/mol. The third-order valence-electron chi connectivity index (χ3n) is 4.59. The second kappa shape index (κ2) is 8.61. The van der Waals surface area contributed by atoms with Crippen LogP contribution in [0.25, 0.3) is 11.3 Å². The van der Waals surface area contributed by atoms with E-state index in [1.165, 1.54) is 18.7 Å². The number of amides is 1. The maximum absolute atomic E-state index is 12.8. The summed E-state index contributed by atoms with van der Waals surface area (Å²) >= 11 is 5.00. The molecule has 1 amide bonds. The molecule has 0 radical (unpaired) electrons. The number of hydrogen-bond donors (Lipinski definition) is 0. The number of rotatable bonds is 4. The molecule has 0 spiro atoms. The van der Waals surface area contributed by atoms with Gasteiger partial charge in [0.25, 0.3) is 0 Å². The minimum absolute atomic E-state index is 0.164. The SMILES string of the molecule is CCSc1nnc2c(n1)O[C@@H](c1ccc(OC)c(Br)c1)N(C(C)=O)c1ccccc1-2. The zero-order valence-corrected chi connectivity index (χ0v) is 19.0. The van der Waals surface area contributed by atoms with Gasteiger partial charge in [0.05, 0.1) is 17.3 Å². The number of nitrogens with zero attached hydrogens (tertiary/aromatic N) is 4. The van der Waals surface area contributed by atoms with Crippen molar-refractivity contribution in [3.05, 3.63) is 52.5 Å². The van der Waals surface area contributed by atoms with Gasteiger partial charge in [-0.25, -0.2) is 0 Å². The molecule has 2 heterocycles. The van der Waals surface area contributed by atoms with E-state index in [0.29, 0.717) is 28.2 Å². The first-order valence-electron chi connectivity index (χ1n) is 9.30. The van der Waals surface area contributed by atoms with Gasteiger partial charge in [0, 0.05) is 18.1 Å². The number of methoxy groups -OCH3 is 1. The van der Waals surface area contributed by atoms with Crippen LogP contribution >= 0.6 is 27.7 Å². The monoisotopic (exact) mass is 486 g/mol. The topological polar surface area (TPSA) is 77.4 Å². The van der Waals surface area contributed by atoms with Crippen molar-refractivity contribution in [3.63, 3.8) is 0 Å². The summed E-state index contributed by atoms with van der Waals surface area (Å²) < 4.78 is 12.4. The maximum Gasteiger partial charge on any atom is 0.247 e. The second-order valence-electron chi connectivity index (χ2n) is 6.45. The summed E-state index contributed by atoms with van der Waals surface area (Å²) in [6.45, 7) is 3.53. The molecule has 154 valence electrons. The molecular formula is C21H19BrN4O3S. The van der Waals surface area contributed by atoms with Crippen molar-refractivity contribution in [2.24, 2.45) is 0 Å².